The van der Waals surface area contributed by atoms with Gasteiger partial charge in [0.1, 0.15) is 12.4 Å². The van der Waals surface area contributed by atoms with Crippen molar-refractivity contribution in [3.8, 4) is 5.75 Å². The van der Waals surface area contributed by atoms with Gasteiger partial charge in [-0.05, 0) is 12.1 Å². The molecule has 1 aromatic heterocycles. The summed E-state index contributed by atoms with van der Waals surface area (Å²) in [5.41, 5.74) is 0. The Balaban J connectivity index is 2.77. The standard InChI is InChI=1S/C7H11NO7P2/c9-16(10,11)7(17(12,13)14)5-15-6-2-1-3-8-4-6/h1-4,7H,5H2,(H2,9,10,11)(H2,12,13,14). The van der Waals surface area contributed by atoms with Gasteiger partial charge in [-0.15, -0.1) is 0 Å². The molecule has 0 spiro atoms. The molecule has 10 heteroatoms. The summed E-state index contributed by atoms with van der Waals surface area (Å²) in [6.07, 6.45) is 2.71. The molecular weight excluding hydrogens is 272 g/mol. The first-order valence-corrected chi connectivity index (χ1v) is 7.71. The summed E-state index contributed by atoms with van der Waals surface area (Å²) >= 11 is 0. The van der Waals surface area contributed by atoms with Crippen LogP contribution in [0.1, 0.15) is 0 Å². The van der Waals surface area contributed by atoms with Gasteiger partial charge in [0, 0.05) is 6.20 Å². The lowest BCUT2D eigenvalue weighted by molar-refractivity contribution is 0.280. The van der Waals surface area contributed by atoms with E-state index in [1.807, 2.05) is 0 Å². The zero-order valence-electron chi connectivity index (χ0n) is 8.45. The number of aromatic nitrogens is 1. The molecule has 0 aliphatic heterocycles. The second-order valence-electron chi connectivity index (χ2n) is 3.16. The zero-order valence-corrected chi connectivity index (χ0v) is 10.2. The number of pyridine rings is 1. The molecule has 0 amide bonds. The molecule has 8 nitrogen and oxygen atoms in total. The fourth-order valence-corrected chi connectivity index (χ4v) is 3.10. The van der Waals surface area contributed by atoms with E-state index >= 15 is 0 Å². The topological polar surface area (TPSA) is 137 Å². The van der Waals surface area contributed by atoms with Gasteiger partial charge in [0.05, 0.1) is 6.20 Å². The van der Waals surface area contributed by atoms with E-state index in [2.05, 4.69) is 4.98 Å². The smallest absolute Gasteiger partial charge is 0.344 e. The van der Waals surface area contributed by atoms with Gasteiger partial charge in [0.2, 0.25) is 0 Å². The summed E-state index contributed by atoms with van der Waals surface area (Å²) in [5.74, 6) is 0.166. The first-order valence-electron chi connectivity index (χ1n) is 4.34. The number of nitrogens with zero attached hydrogens (tertiary/aromatic N) is 1. The van der Waals surface area contributed by atoms with Crippen LogP contribution in [-0.2, 0) is 9.13 Å². The summed E-state index contributed by atoms with van der Waals surface area (Å²) in [4.78, 5) is 38.9. The largest absolute Gasteiger partial charge is 0.490 e. The molecule has 0 fully saturated rings. The van der Waals surface area contributed by atoms with Crippen LogP contribution < -0.4 is 4.74 Å². The lowest BCUT2D eigenvalue weighted by Crippen LogP contribution is -2.18. The average molecular weight is 283 g/mol. The van der Waals surface area contributed by atoms with Crippen molar-refractivity contribution < 1.29 is 33.4 Å². The Labute approximate surface area is 96.6 Å². The van der Waals surface area contributed by atoms with Gasteiger partial charge in [-0.1, -0.05) is 0 Å². The zero-order chi connectivity index (χ0) is 13.1. The number of hydrogen-bond acceptors (Lipinski definition) is 4. The number of hydrogen-bond donors (Lipinski definition) is 4. The average Bonchev–Trinajstić information content (AvgIpc) is 2.15. The molecule has 0 saturated heterocycles. The minimum absolute atomic E-state index is 0.166. The second-order valence-corrected chi connectivity index (χ2v) is 7.17. The van der Waals surface area contributed by atoms with Crippen molar-refractivity contribution >= 4 is 15.2 Å². The third kappa shape index (κ3) is 4.55. The predicted octanol–water partition coefficient (Wildman–Crippen LogP) is 0.142. The Bertz CT molecular complexity index is 431. The Hall–Kier alpha value is -0.750. The Morgan fingerprint density at radius 3 is 2.24 bits per heavy atom. The predicted molar refractivity (Wildman–Crippen MR) is 57.6 cm³/mol. The van der Waals surface area contributed by atoms with Crippen LogP contribution in [0.4, 0.5) is 0 Å². The normalized spacial score (nSPS) is 12.8. The Morgan fingerprint density at radius 2 is 1.82 bits per heavy atom. The molecule has 0 aromatic carbocycles. The van der Waals surface area contributed by atoms with Crippen LogP contribution in [0, 0.1) is 0 Å². The SMILES string of the molecule is O=P(O)(O)C(COc1cccnc1)P(=O)(O)O. The van der Waals surface area contributed by atoms with Gasteiger partial charge in [0.25, 0.3) is 0 Å². The summed E-state index contributed by atoms with van der Waals surface area (Å²) in [6.45, 7) is -0.791. The fourth-order valence-electron chi connectivity index (χ4n) is 0.993. The summed E-state index contributed by atoms with van der Waals surface area (Å²) in [6, 6.07) is 2.96. The van der Waals surface area contributed by atoms with Gasteiger partial charge < -0.3 is 24.3 Å². The van der Waals surface area contributed by atoms with E-state index in [1.165, 1.54) is 24.5 Å². The van der Waals surface area contributed by atoms with Crippen LogP contribution in [0.3, 0.4) is 0 Å². The fraction of sp³-hybridized carbons (Fsp3) is 0.286. The van der Waals surface area contributed by atoms with E-state index in [9.17, 15) is 9.13 Å². The molecule has 0 aliphatic rings. The lowest BCUT2D eigenvalue weighted by Gasteiger charge is -2.19. The highest BCUT2D eigenvalue weighted by Crippen LogP contribution is 2.59. The van der Waals surface area contributed by atoms with Crippen LogP contribution in [0.2, 0.25) is 0 Å². The monoisotopic (exact) mass is 283 g/mol. The molecule has 0 radical (unpaired) electrons. The molecule has 0 saturated carbocycles. The highest BCUT2D eigenvalue weighted by atomic mass is 31.2. The maximum Gasteiger partial charge on any atom is 0.344 e. The Morgan fingerprint density at radius 1 is 1.24 bits per heavy atom. The quantitative estimate of drug-likeness (QED) is 0.560. The van der Waals surface area contributed by atoms with Gasteiger partial charge in [-0.25, -0.2) is 0 Å². The van der Waals surface area contributed by atoms with Gasteiger partial charge in [-0.3, -0.25) is 14.1 Å². The van der Waals surface area contributed by atoms with Gasteiger partial charge >= 0.3 is 15.2 Å². The number of rotatable bonds is 5. The molecule has 1 aromatic rings. The minimum Gasteiger partial charge on any atom is -0.490 e. The van der Waals surface area contributed by atoms with Crippen LogP contribution in [0.25, 0.3) is 0 Å². The maximum atomic E-state index is 10.9. The molecule has 0 bridgehead atoms. The summed E-state index contributed by atoms with van der Waals surface area (Å²) < 4.78 is 26.7. The highest BCUT2D eigenvalue weighted by Gasteiger charge is 2.44. The van der Waals surface area contributed by atoms with Crippen molar-refractivity contribution in [1.82, 2.24) is 4.98 Å². The molecule has 17 heavy (non-hydrogen) atoms. The summed E-state index contributed by atoms with van der Waals surface area (Å²) in [5, 5.41) is -2.17. The minimum atomic E-state index is -4.94. The van der Waals surface area contributed by atoms with E-state index < -0.39 is 27.2 Å². The summed E-state index contributed by atoms with van der Waals surface area (Å²) in [7, 11) is -9.89. The lowest BCUT2D eigenvalue weighted by atomic mass is 10.5. The van der Waals surface area contributed by atoms with Crippen molar-refractivity contribution in [1.29, 1.82) is 0 Å². The van der Waals surface area contributed by atoms with Crippen LogP contribution in [0.5, 0.6) is 5.75 Å². The van der Waals surface area contributed by atoms with E-state index in [0.717, 1.165) is 0 Å². The van der Waals surface area contributed by atoms with Crippen molar-refractivity contribution in [3.63, 3.8) is 0 Å². The molecule has 1 rings (SSSR count). The van der Waals surface area contributed by atoms with E-state index in [0.29, 0.717) is 0 Å². The van der Waals surface area contributed by atoms with Gasteiger partial charge in [-0.2, -0.15) is 0 Å². The van der Waals surface area contributed by atoms with E-state index in [-0.39, 0.29) is 5.75 Å². The van der Waals surface area contributed by atoms with Crippen molar-refractivity contribution in [2.24, 2.45) is 0 Å². The molecule has 0 atom stereocenters. The van der Waals surface area contributed by atoms with Crippen molar-refractivity contribution in [3.05, 3.63) is 24.5 Å². The first-order chi connectivity index (χ1) is 7.71. The van der Waals surface area contributed by atoms with Crippen LogP contribution >= 0.6 is 15.2 Å². The molecule has 1 heterocycles. The van der Waals surface area contributed by atoms with E-state index in [4.69, 9.17) is 24.3 Å². The maximum absolute atomic E-state index is 10.9. The number of ether oxygens (including phenoxy) is 1. The molecular formula is C7H11NO7P2. The molecule has 4 N–H and O–H groups in total. The third-order valence-electron chi connectivity index (χ3n) is 1.81. The highest BCUT2D eigenvalue weighted by molar-refractivity contribution is 7.70. The van der Waals surface area contributed by atoms with Crippen molar-refractivity contribution in [2.45, 2.75) is 5.40 Å². The van der Waals surface area contributed by atoms with Crippen LogP contribution in [0.15, 0.2) is 24.5 Å². The second kappa shape index (κ2) is 5.27. The van der Waals surface area contributed by atoms with Gasteiger partial charge in [0.15, 0.2) is 5.40 Å². The van der Waals surface area contributed by atoms with Crippen molar-refractivity contribution in [2.75, 3.05) is 6.61 Å². The molecule has 0 unspecified atom stereocenters. The Kier molecular flexibility index (Phi) is 4.43. The molecule has 96 valence electrons. The third-order valence-corrected chi connectivity index (χ3v) is 5.47. The molecule has 0 aliphatic carbocycles. The first kappa shape index (κ1) is 14.3. The van der Waals surface area contributed by atoms with Crippen LogP contribution in [-0.4, -0.2) is 36.6 Å². The van der Waals surface area contributed by atoms with E-state index in [1.54, 1.807) is 0 Å².